The van der Waals surface area contributed by atoms with Crippen molar-refractivity contribution < 1.29 is 14.3 Å². The number of benzene rings is 2. The third-order valence-electron chi connectivity index (χ3n) is 6.74. The van der Waals surface area contributed by atoms with Crippen molar-refractivity contribution in [1.29, 1.82) is 0 Å². The molecule has 194 valence electrons. The Kier molecular flexibility index (Phi) is 7.83. The quantitative estimate of drug-likeness (QED) is 0.258. The van der Waals surface area contributed by atoms with Crippen molar-refractivity contribution in [3.63, 3.8) is 0 Å². The monoisotopic (exact) mass is 508 g/mol. The third kappa shape index (κ3) is 6.29. The molecule has 1 saturated carbocycles. The normalized spacial score (nSPS) is 15.5. The van der Waals surface area contributed by atoms with Crippen LogP contribution in [0.25, 0.3) is 12.2 Å². The number of Topliss-reactive ketones (excluding diaryl/α,β-unsaturated/α-hetero) is 1. The maximum Gasteiger partial charge on any atom is 0.185 e. The zero-order valence-electron chi connectivity index (χ0n) is 21.8. The highest BCUT2D eigenvalue weighted by Gasteiger charge is 2.22. The van der Waals surface area contributed by atoms with Crippen LogP contribution in [0.2, 0.25) is 0 Å². The Morgan fingerprint density at radius 1 is 0.711 bits per heavy atom. The van der Waals surface area contributed by atoms with E-state index in [1.165, 1.54) is 0 Å². The Balaban J connectivity index is 1.13. The SMILES string of the molecule is Cc1nccn1CCOc1ccc(/C=C2\CC/C(=C\c3ccc(OCCn4ccnc4C)cc3)C2=O)cc1. The van der Waals surface area contributed by atoms with Crippen LogP contribution in [0.15, 0.2) is 84.5 Å². The number of hydrogen-bond donors (Lipinski definition) is 0. The van der Waals surface area contributed by atoms with Gasteiger partial charge in [-0.15, -0.1) is 0 Å². The van der Waals surface area contributed by atoms with Crippen LogP contribution in [0, 0.1) is 13.8 Å². The van der Waals surface area contributed by atoms with Crippen LogP contribution in [0.5, 0.6) is 11.5 Å². The van der Waals surface area contributed by atoms with Gasteiger partial charge in [-0.05, 0) is 74.2 Å². The second kappa shape index (κ2) is 11.8. The molecule has 1 fully saturated rings. The highest BCUT2D eigenvalue weighted by Crippen LogP contribution is 2.30. The summed E-state index contributed by atoms with van der Waals surface area (Å²) in [7, 11) is 0. The van der Waals surface area contributed by atoms with E-state index in [-0.39, 0.29) is 5.78 Å². The predicted molar refractivity (Wildman–Crippen MR) is 148 cm³/mol. The standard InChI is InChI=1S/C31H32N4O3/c1-23-32-13-15-34(23)17-19-37-29-9-3-25(4-10-29)21-27-7-8-28(31(27)36)22-26-5-11-30(12-6-26)38-20-18-35-16-14-33-24(35)2/h3-6,9-16,21-22H,7-8,17-20H2,1-2H3/b27-21+,28-22+. The van der Waals surface area contributed by atoms with E-state index in [2.05, 4.69) is 19.1 Å². The number of imidazole rings is 2. The average Bonchev–Trinajstić information content (AvgIpc) is 3.63. The molecule has 0 bridgehead atoms. The highest BCUT2D eigenvalue weighted by atomic mass is 16.5. The summed E-state index contributed by atoms with van der Waals surface area (Å²) in [4.78, 5) is 21.5. The van der Waals surface area contributed by atoms with Crippen LogP contribution in [0.3, 0.4) is 0 Å². The maximum absolute atomic E-state index is 13.0. The Morgan fingerprint density at radius 3 is 1.50 bits per heavy atom. The van der Waals surface area contributed by atoms with Crippen LogP contribution in [0.4, 0.5) is 0 Å². The maximum atomic E-state index is 13.0. The topological polar surface area (TPSA) is 71.2 Å². The fourth-order valence-electron chi connectivity index (χ4n) is 4.50. The molecule has 2 aromatic carbocycles. The molecule has 0 N–H and O–H groups in total. The number of ketones is 1. The zero-order chi connectivity index (χ0) is 26.3. The number of rotatable bonds is 10. The first kappa shape index (κ1) is 25.3. The first-order valence-corrected chi connectivity index (χ1v) is 12.9. The Bertz CT molecular complexity index is 1330. The van der Waals surface area contributed by atoms with Gasteiger partial charge in [0, 0.05) is 35.9 Å². The van der Waals surface area contributed by atoms with Gasteiger partial charge in [0.15, 0.2) is 5.78 Å². The van der Waals surface area contributed by atoms with Gasteiger partial charge in [-0.2, -0.15) is 0 Å². The van der Waals surface area contributed by atoms with E-state index in [9.17, 15) is 4.79 Å². The minimum absolute atomic E-state index is 0.122. The summed E-state index contributed by atoms with van der Waals surface area (Å²) in [5.41, 5.74) is 3.69. The first-order valence-electron chi connectivity index (χ1n) is 12.9. The number of carbonyl (C=O) groups excluding carboxylic acids is 1. The number of hydrogen-bond acceptors (Lipinski definition) is 5. The van der Waals surface area contributed by atoms with E-state index in [4.69, 9.17) is 9.47 Å². The van der Waals surface area contributed by atoms with Crippen LogP contribution in [-0.4, -0.2) is 38.1 Å². The van der Waals surface area contributed by atoms with Crippen molar-refractivity contribution in [3.8, 4) is 11.5 Å². The van der Waals surface area contributed by atoms with Gasteiger partial charge in [0.25, 0.3) is 0 Å². The molecule has 0 unspecified atom stereocenters. The van der Waals surface area contributed by atoms with Crippen molar-refractivity contribution in [2.75, 3.05) is 13.2 Å². The van der Waals surface area contributed by atoms with Crippen LogP contribution < -0.4 is 9.47 Å². The molecule has 0 spiro atoms. The molecule has 0 aliphatic heterocycles. The predicted octanol–water partition coefficient (Wildman–Crippen LogP) is 5.68. The number of ether oxygens (including phenoxy) is 2. The van der Waals surface area contributed by atoms with Crippen molar-refractivity contribution >= 4 is 17.9 Å². The Morgan fingerprint density at radius 2 is 1.13 bits per heavy atom. The fourth-order valence-corrected chi connectivity index (χ4v) is 4.50. The molecular formula is C31H32N4O3. The first-order chi connectivity index (χ1) is 18.5. The molecule has 2 aromatic heterocycles. The van der Waals surface area contributed by atoms with E-state index in [0.717, 1.165) is 71.4 Å². The Hall–Kier alpha value is -4.39. The highest BCUT2D eigenvalue weighted by molar-refractivity contribution is 6.15. The summed E-state index contributed by atoms with van der Waals surface area (Å²) in [6, 6.07) is 15.8. The van der Waals surface area contributed by atoms with Crippen LogP contribution in [-0.2, 0) is 17.9 Å². The molecule has 1 aliphatic rings. The molecule has 0 atom stereocenters. The molecule has 2 heterocycles. The van der Waals surface area contributed by atoms with E-state index in [1.54, 1.807) is 12.4 Å². The van der Waals surface area contributed by atoms with Crippen molar-refractivity contribution in [2.45, 2.75) is 39.8 Å². The van der Waals surface area contributed by atoms with Gasteiger partial charge < -0.3 is 18.6 Å². The lowest BCUT2D eigenvalue weighted by molar-refractivity contribution is -0.111. The van der Waals surface area contributed by atoms with E-state index < -0.39 is 0 Å². The average molecular weight is 509 g/mol. The largest absolute Gasteiger partial charge is 0.492 e. The summed E-state index contributed by atoms with van der Waals surface area (Å²) < 4.78 is 15.8. The second-order valence-corrected chi connectivity index (χ2v) is 9.34. The minimum Gasteiger partial charge on any atom is -0.492 e. The molecule has 38 heavy (non-hydrogen) atoms. The molecule has 0 radical (unpaired) electrons. The zero-order valence-corrected chi connectivity index (χ0v) is 21.8. The molecule has 0 saturated heterocycles. The van der Waals surface area contributed by atoms with E-state index >= 15 is 0 Å². The summed E-state index contributed by atoms with van der Waals surface area (Å²) in [5.74, 6) is 3.70. The number of allylic oxidation sites excluding steroid dienone is 2. The molecule has 5 rings (SSSR count). The van der Waals surface area contributed by atoms with Gasteiger partial charge in [0.1, 0.15) is 36.4 Å². The van der Waals surface area contributed by atoms with Crippen molar-refractivity contribution in [3.05, 3.63) is 107 Å². The fraction of sp³-hybridized carbons (Fsp3) is 0.258. The second-order valence-electron chi connectivity index (χ2n) is 9.34. The van der Waals surface area contributed by atoms with Gasteiger partial charge in [-0.3, -0.25) is 4.79 Å². The molecule has 7 nitrogen and oxygen atoms in total. The summed E-state index contributed by atoms with van der Waals surface area (Å²) in [5, 5.41) is 0. The van der Waals surface area contributed by atoms with Gasteiger partial charge in [-0.25, -0.2) is 9.97 Å². The van der Waals surface area contributed by atoms with Crippen LogP contribution >= 0.6 is 0 Å². The number of nitrogens with zero attached hydrogens (tertiary/aromatic N) is 4. The molecular weight excluding hydrogens is 476 g/mol. The van der Waals surface area contributed by atoms with E-state index in [1.807, 2.05) is 86.9 Å². The molecule has 1 aliphatic carbocycles. The Labute approximate surface area is 223 Å². The van der Waals surface area contributed by atoms with Gasteiger partial charge in [-0.1, -0.05) is 24.3 Å². The number of aromatic nitrogens is 4. The minimum atomic E-state index is 0.122. The van der Waals surface area contributed by atoms with Gasteiger partial charge in [0.2, 0.25) is 0 Å². The third-order valence-corrected chi connectivity index (χ3v) is 6.74. The number of carbonyl (C=O) groups is 1. The number of aryl methyl sites for hydroxylation is 2. The van der Waals surface area contributed by atoms with Gasteiger partial charge in [0.05, 0.1) is 13.1 Å². The lowest BCUT2D eigenvalue weighted by atomic mass is 10.1. The van der Waals surface area contributed by atoms with Gasteiger partial charge >= 0.3 is 0 Å². The smallest absolute Gasteiger partial charge is 0.185 e. The summed E-state index contributed by atoms with van der Waals surface area (Å²) >= 11 is 0. The van der Waals surface area contributed by atoms with Crippen molar-refractivity contribution in [2.24, 2.45) is 0 Å². The summed E-state index contributed by atoms with van der Waals surface area (Å²) in [6.45, 7) is 6.61. The summed E-state index contributed by atoms with van der Waals surface area (Å²) in [6.07, 6.45) is 13.0. The molecule has 7 heteroatoms. The lowest BCUT2D eigenvalue weighted by Crippen LogP contribution is -2.08. The van der Waals surface area contributed by atoms with Crippen molar-refractivity contribution in [1.82, 2.24) is 19.1 Å². The van der Waals surface area contributed by atoms with Crippen LogP contribution in [0.1, 0.15) is 35.6 Å². The lowest BCUT2D eigenvalue weighted by Gasteiger charge is -2.08. The van der Waals surface area contributed by atoms with E-state index in [0.29, 0.717) is 13.2 Å². The molecule has 0 amide bonds. The molecule has 4 aromatic rings.